The van der Waals surface area contributed by atoms with E-state index in [2.05, 4.69) is 14.5 Å². The maximum Gasteiger partial charge on any atom is 0.122 e. The molecule has 0 spiro atoms. The number of aromatic nitrogens is 2. The fourth-order valence-corrected chi connectivity index (χ4v) is 3.15. The summed E-state index contributed by atoms with van der Waals surface area (Å²) in [6.45, 7) is 3.82. The molecule has 0 aliphatic carbocycles. The van der Waals surface area contributed by atoms with E-state index in [-0.39, 0.29) is 6.04 Å². The molecule has 6 heteroatoms. The molecule has 1 aromatic carbocycles. The van der Waals surface area contributed by atoms with Gasteiger partial charge in [-0.15, -0.1) is 0 Å². The minimum absolute atomic E-state index is 0.0992. The lowest BCUT2D eigenvalue weighted by Crippen LogP contribution is -2.35. The van der Waals surface area contributed by atoms with Crippen molar-refractivity contribution in [2.45, 2.75) is 25.6 Å². The van der Waals surface area contributed by atoms with Crippen molar-refractivity contribution < 1.29 is 0 Å². The van der Waals surface area contributed by atoms with Gasteiger partial charge in [0, 0.05) is 38.1 Å². The molecule has 21 heavy (non-hydrogen) atoms. The van der Waals surface area contributed by atoms with Gasteiger partial charge in [0.25, 0.3) is 0 Å². The minimum atomic E-state index is -0.0992. The van der Waals surface area contributed by atoms with E-state index in [1.165, 1.54) is 0 Å². The summed E-state index contributed by atoms with van der Waals surface area (Å²) in [6.07, 6.45) is 4.74. The van der Waals surface area contributed by atoms with Crippen LogP contribution in [0, 0.1) is 0 Å². The van der Waals surface area contributed by atoms with Gasteiger partial charge in [0.1, 0.15) is 5.82 Å². The number of nitrogens with two attached hydrogens (primary N) is 1. The first-order valence-corrected chi connectivity index (χ1v) is 7.82. The van der Waals surface area contributed by atoms with Crippen molar-refractivity contribution in [1.29, 1.82) is 0 Å². The van der Waals surface area contributed by atoms with Crippen LogP contribution in [0.2, 0.25) is 10.0 Å². The number of imidazole rings is 1. The van der Waals surface area contributed by atoms with Gasteiger partial charge < -0.3 is 10.3 Å². The van der Waals surface area contributed by atoms with E-state index >= 15 is 0 Å². The molecule has 112 valence electrons. The molecule has 0 bridgehead atoms. The third-order valence-corrected chi connectivity index (χ3v) is 4.79. The third kappa shape index (κ3) is 3.24. The Morgan fingerprint density at radius 1 is 1.29 bits per heavy atom. The Hall–Kier alpha value is -1.07. The van der Waals surface area contributed by atoms with Gasteiger partial charge in [0.15, 0.2) is 0 Å². The van der Waals surface area contributed by atoms with Crippen LogP contribution in [0.15, 0.2) is 30.6 Å². The average Bonchev–Trinajstić information content (AvgIpc) is 2.95. The number of benzene rings is 1. The van der Waals surface area contributed by atoms with Crippen LogP contribution in [-0.2, 0) is 13.1 Å². The van der Waals surface area contributed by atoms with Crippen LogP contribution in [0.25, 0.3) is 0 Å². The normalized spacial score (nSPS) is 16.7. The molecule has 0 radical (unpaired) electrons. The Labute approximate surface area is 134 Å². The zero-order chi connectivity index (χ0) is 14.8. The monoisotopic (exact) mass is 324 g/mol. The molecule has 3 rings (SSSR count). The summed E-state index contributed by atoms with van der Waals surface area (Å²) in [4.78, 5) is 6.75. The van der Waals surface area contributed by atoms with Crippen molar-refractivity contribution in [3.63, 3.8) is 0 Å². The number of fused-ring (bicyclic) bond motifs is 1. The molecule has 1 aliphatic rings. The zero-order valence-corrected chi connectivity index (χ0v) is 13.2. The third-order valence-electron chi connectivity index (χ3n) is 3.96. The number of hydrogen-bond acceptors (Lipinski definition) is 3. The number of rotatable bonds is 4. The maximum atomic E-state index is 6.27. The first-order chi connectivity index (χ1) is 10.1. The first-order valence-electron chi connectivity index (χ1n) is 7.07. The van der Waals surface area contributed by atoms with Gasteiger partial charge in [0.2, 0.25) is 0 Å². The molecule has 1 aliphatic heterocycles. The fourth-order valence-electron chi connectivity index (χ4n) is 2.70. The van der Waals surface area contributed by atoms with E-state index in [0.29, 0.717) is 10.0 Å². The molecule has 4 nitrogen and oxygen atoms in total. The predicted molar refractivity (Wildman–Crippen MR) is 85.5 cm³/mol. The summed E-state index contributed by atoms with van der Waals surface area (Å²) in [5.41, 5.74) is 7.19. The molecule has 0 saturated carbocycles. The van der Waals surface area contributed by atoms with Crippen molar-refractivity contribution in [3.8, 4) is 0 Å². The summed E-state index contributed by atoms with van der Waals surface area (Å²) in [5, 5.41) is 1.13. The predicted octanol–water partition coefficient (Wildman–Crippen LogP) is 3.10. The Kier molecular flexibility index (Phi) is 4.50. The SMILES string of the molecule is NC(CCN1CCn2ccnc2C1)c1cccc(Cl)c1Cl. The van der Waals surface area contributed by atoms with Gasteiger partial charge in [-0.05, 0) is 18.1 Å². The molecule has 2 heterocycles. The highest BCUT2D eigenvalue weighted by Crippen LogP contribution is 2.30. The molecule has 0 fully saturated rings. The van der Waals surface area contributed by atoms with E-state index in [1.807, 2.05) is 24.5 Å². The molecule has 2 N–H and O–H groups in total. The summed E-state index contributed by atoms with van der Waals surface area (Å²) in [6, 6.07) is 5.52. The Balaban J connectivity index is 1.59. The molecular formula is C15H18Cl2N4. The molecule has 1 atom stereocenters. The van der Waals surface area contributed by atoms with Crippen molar-refractivity contribution in [2.24, 2.45) is 5.73 Å². The zero-order valence-electron chi connectivity index (χ0n) is 11.7. The molecule has 0 saturated heterocycles. The second-order valence-corrected chi connectivity index (χ2v) is 6.14. The van der Waals surface area contributed by atoms with E-state index in [9.17, 15) is 0 Å². The van der Waals surface area contributed by atoms with Crippen LogP contribution in [0.3, 0.4) is 0 Å². The quantitative estimate of drug-likeness (QED) is 0.940. The number of nitrogens with zero attached hydrogens (tertiary/aromatic N) is 3. The van der Waals surface area contributed by atoms with Crippen LogP contribution >= 0.6 is 23.2 Å². The number of halogens is 2. The van der Waals surface area contributed by atoms with Crippen LogP contribution in [0.4, 0.5) is 0 Å². The van der Waals surface area contributed by atoms with Crippen molar-refractivity contribution >= 4 is 23.2 Å². The lowest BCUT2D eigenvalue weighted by Gasteiger charge is -2.28. The van der Waals surface area contributed by atoms with Crippen molar-refractivity contribution in [2.75, 3.05) is 13.1 Å². The topological polar surface area (TPSA) is 47.1 Å². The first kappa shape index (κ1) is 14.9. The van der Waals surface area contributed by atoms with Crippen molar-refractivity contribution in [1.82, 2.24) is 14.5 Å². The van der Waals surface area contributed by atoms with Gasteiger partial charge in [-0.25, -0.2) is 4.98 Å². The Morgan fingerprint density at radius 2 is 2.14 bits per heavy atom. The summed E-state index contributed by atoms with van der Waals surface area (Å²) >= 11 is 12.3. The summed E-state index contributed by atoms with van der Waals surface area (Å²) < 4.78 is 2.20. The van der Waals surface area contributed by atoms with Crippen LogP contribution in [-0.4, -0.2) is 27.5 Å². The van der Waals surface area contributed by atoms with E-state index < -0.39 is 0 Å². The van der Waals surface area contributed by atoms with E-state index in [0.717, 1.165) is 44.0 Å². The highest BCUT2D eigenvalue weighted by molar-refractivity contribution is 6.42. The second-order valence-electron chi connectivity index (χ2n) is 5.35. The minimum Gasteiger partial charge on any atom is -0.333 e. The highest BCUT2D eigenvalue weighted by atomic mass is 35.5. The average molecular weight is 325 g/mol. The molecule has 2 aromatic rings. The molecular weight excluding hydrogens is 307 g/mol. The molecule has 1 unspecified atom stereocenters. The van der Waals surface area contributed by atoms with Gasteiger partial charge in [-0.1, -0.05) is 35.3 Å². The van der Waals surface area contributed by atoms with Gasteiger partial charge in [-0.3, -0.25) is 4.90 Å². The highest BCUT2D eigenvalue weighted by Gasteiger charge is 2.18. The fraction of sp³-hybridized carbons (Fsp3) is 0.400. The van der Waals surface area contributed by atoms with Gasteiger partial charge in [0.05, 0.1) is 16.6 Å². The largest absolute Gasteiger partial charge is 0.333 e. The summed E-state index contributed by atoms with van der Waals surface area (Å²) in [5.74, 6) is 1.12. The summed E-state index contributed by atoms with van der Waals surface area (Å²) in [7, 11) is 0. The smallest absolute Gasteiger partial charge is 0.122 e. The van der Waals surface area contributed by atoms with Crippen molar-refractivity contribution in [3.05, 3.63) is 52.0 Å². The van der Waals surface area contributed by atoms with Crippen LogP contribution in [0.1, 0.15) is 23.9 Å². The van der Waals surface area contributed by atoms with E-state index in [4.69, 9.17) is 28.9 Å². The standard InChI is InChI=1S/C15H18Cl2N4/c16-12-3-1-2-11(15(12)17)13(18)4-6-20-8-9-21-7-5-19-14(21)10-20/h1-3,5,7,13H,4,6,8-10,18H2. The van der Waals surface area contributed by atoms with Gasteiger partial charge >= 0.3 is 0 Å². The lowest BCUT2D eigenvalue weighted by atomic mass is 10.0. The van der Waals surface area contributed by atoms with Gasteiger partial charge in [-0.2, -0.15) is 0 Å². The Bertz CT molecular complexity index is 626. The van der Waals surface area contributed by atoms with E-state index in [1.54, 1.807) is 6.07 Å². The second kappa shape index (κ2) is 6.36. The Morgan fingerprint density at radius 3 is 3.00 bits per heavy atom. The number of hydrogen-bond donors (Lipinski definition) is 1. The lowest BCUT2D eigenvalue weighted by molar-refractivity contribution is 0.210. The maximum absolute atomic E-state index is 6.27. The molecule has 1 aromatic heterocycles. The van der Waals surface area contributed by atoms with Crippen LogP contribution in [0.5, 0.6) is 0 Å². The van der Waals surface area contributed by atoms with Crippen LogP contribution < -0.4 is 5.73 Å². The molecule has 0 amide bonds.